The van der Waals surface area contributed by atoms with E-state index in [0.29, 0.717) is 18.2 Å². The lowest BCUT2D eigenvalue weighted by molar-refractivity contribution is -0.137. The molecule has 1 aromatic heterocycles. The number of ether oxygens (including phenoxy) is 1. The number of aromatic nitrogens is 2. The molecule has 0 aliphatic carbocycles. The van der Waals surface area contributed by atoms with Gasteiger partial charge in [-0.2, -0.15) is 5.10 Å². The number of urea groups is 1. The van der Waals surface area contributed by atoms with Crippen molar-refractivity contribution in [2.45, 2.75) is 19.4 Å². The average Bonchev–Trinajstić information content (AvgIpc) is 2.86. The zero-order valence-electron chi connectivity index (χ0n) is 12.0. The van der Waals surface area contributed by atoms with E-state index >= 15 is 0 Å². The van der Waals surface area contributed by atoms with Gasteiger partial charge >= 0.3 is 12.0 Å². The first-order valence-corrected chi connectivity index (χ1v) is 6.88. The van der Waals surface area contributed by atoms with Crippen LogP contribution >= 0.6 is 0 Å². The predicted octanol–water partition coefficient (Wildman–Crippen LogP) is 0.858. The summed E-state index contributed by atoms with van der Waals surface area (Å²) < 4.78 is 6.55. The lowest BCUT2D eigenvalue weighted by Gasteiger charge is -2.27. The van der Waals surface area contributed by atoms with Gasteiger partial charge in [-0.1, -0.05) is 0 Å². The summed E-state index contributed by atoms with van der Waals surface area (Å²) in [5, 5.41) is 15.2. The van der Waals surface area contributed by atoms with E-state index in [2.05, 4.69) is 10.4 Å². The Kier molecular flexibility index (Phi) is 5.15. The molecule has 1 saturated heterocycles. The molecule has 2 N–H and O–H groups in total. The Morgan fingerprint density at radius 3 is 2.90 bits per heavy atom. The summed E-state index contributed by atoms with van der Waals surface area (Å²) in [6, 6.07) is -0.226. The van der Waals surface area contributed by atoms with Crippen LogP contribution in [0.15, 0.2) is 12.4 Å². The van der Waals surface area contributed by atoms with Gasteiger partial charge in [0.15, 0.2) is 0 Å². The van der Waals surface area contributed by atoms with E-state index in [9.17, 15) is 9.59 Å². The molecule has 0 atom stereocenters. The van der Waals surface area contributed by atoms with Gasteiger partial charge in [0.25, 0.3) is 0 Å². The molecular formula is C13H20N4O4. The highest BCUT2D eigenvalue weighted by atomic mass is 16.5. The van der Waals surface area contributed by atoms with E-state index in [4.69, 9.17) is 9.84 Å². The molecule has 0 saturated carbocycles. The zero-order valence-corrected chi connectivity index (χ0v) is 12.0. The molecule has 0 aromatic carbocycles. The number of carbonyl (C=O) groups is 2. The second kappa shape index (κ2) is 7.07. The molecule has 1 aliphatic heterocycles. The molecule has 2 amide bonds. The first kappa shape index (κ1) is 15.3. The van der Waals surface area contributed by atoms with Crippen LogP contribution in [0, 0.1) is 5.92 Å². The maximum absolute atomic E-state index is 12.0. The van der Waals surface area contributed by atoms with Gasteiger partial charge in [0, 0.05) is 33.0 Å². The lowest BCUT2D eigenvalue weighted by Crippen LogP contribution is -2.36. The molecule has 8 nitrogen and oxygen atoms in total. The Morgan fingerprint density at radius 2 is 2.24 bits per heavy atom. The van der Waals surface area contributed by atoms with Crippen molar-refractivity contribution in [2.24, 2.45) is 5.92 Å². The fraction of sp³-hybridized carbons (Fsp3) is 0.615. The minimum atomic E-state index is -0.979. The molecule has 0 bridgehead atoms. The van der Waals surface area contributed by atoms with E-state index in [-0.39, 0.29) is 12.6 Å². The SMILES string of the molecule is CN(CC1CCOCC1)C(=O)Nc1cnn(CC(=O)O)c1. The maximum atomic E-state index is 12.0. The Hall–Kier alpha value is -2.09. The summed E-state index contributed by atoms with van der Waals surface area (Å²) in [6.07, 6.45) is 4.86. The number of anilines is 1. The second-order valence-electron chi connectivity index (χ2n) is 5.19. The van der Waals surface area contributed by atoms with Gasteiger partial charge in [-0.3, -0.25) is 9.48 Å². The molecular weight excluding hydrogens is 276 g/mol. The number of nitrogens with one attached hydrogen (secondary N) is 1. The number of carboxylic acid groups (broad SMARTS) is 1. The molecule has 116 valence electrons. The van der Waals surface area contributed by atoms with Gasteiger partial charge in [-0.25, -0.2) is 4.79 Å². The number of hydrogen-bond donors (Lipinski definition) is 2. The third-order valence-electron chi connectivity index (χ3n) is 3.40. The predicted molar refractivity (Wildman–Crippen MR) is 75.1 cm³/mol. The normalized spacial score (nSPS) is 15.7. The smallest absolute Gasteiger partial charge is 0.325 e. The third-order valence-corrected chi connectivity index (χ3v) is 3.40. The third kappa shape index (κ3) is 4.75. The maximum Gasteiger partial charge on any atom is 0.325 e. The second-order valence-corrected chi connectivity index (χ2v) is 5.19. The first-order chi connectivity index (χ1) is 10.0. The van der Waals surface area contributed by atoms with Crippen molar-refractivity contribution in [1.82, 2.24) is 14.7 Å². The minimum absolute atomic E-state index is 0.226. The van der Waals surface area contributed by atoms with Crippen LogP contribution in [0.1, 0.15) is 12.8 Å². The number of nitrogens with zero attached hydrogens (tertiary/aromatic N) is 3. The largest absolute Gasteiger partial charge is 0.480 e. The van der Waals surface area contributed by atoms with Gasteiger partial charge in [-0.15, -0.1) is 0 Å². The molecule has 1 aromatic rings. The number of aliphatic carboxylic acids is 1. The summed E-state index contributed by atoms with van der Waals surface area (Å²) in [6.45, 7) is 1.95. The Bertz CT molecular complexity index is 496. The van der Waals surface area contributed by atoms with Crippen LogP contribution in [-0.2, 0) is 16.1 Å². The van der Waals surface area contributed by atoms with E-state index < -0.39 is 5.97 Å². The van der Waals surface area contributed by atoms with Crippen molar-refractivity contribution in [3.63, 3.8) is 0 Å². The highest BCUT2D eigenvalue weighted by Gasteiger charge is 2.18. The van der Waals surface area contributed by atoms with Crippen molar-refractivity contribution >= 4 is 17.7 Å². The van der Waals surface area contributed by atoms with Gasteiger partial charge < -0.3 is 20.1 Å². The fourth-order valence-electron chi connectivity index (χ4n) is 2.27. The Morgan fingerprint density at radius 1 is 1.52 bits per heavy atom. The molecule has 21 heavy (non-hydrogen) atoms. The number of rotatable bonds is 5. The summed E-state index contributed by atoms with van der Waals surface area (Å²) in [5.74, 6) is -0.517. The van der Waals surface area contributed by atoms with Crippen LogP contribution in [-0.4, -0.2) is 58.6 Å². The molecule has 0 unspecified atom stereocenters. The van der Waals surface area contributed by atoms with Crippen LogP contribution in [0.2, 0.25) is 0 Å². The molecule has 0 spiro atoms. The standard InChI is InChI=1S/C13H20N4O4/c1-16(7-10-2-4-21-5-3-10)13(20)15-11-6-14-17(8-11)9-12(18)19/h6,8,10H,2-5,7,9H2,1H3,(H,15,20)(H,18,19). The van der Waals surface area contributed by atoms with Crippen molar-refractivity contribution in [3.05, 3.63) is 12.4 Å². The Labute approximate surface area is 122 Å². The quantitative estimate of drug-likeness (QED) is 0.840. The zero-order chi connectivity index (χ0) is 15.2. The average molecular weight is 296 g/mol. The van der Waals surface area contributed by atoms with Crippen LogP contribution in [0.4, 0.5) is 10.5 Å². The molecule has 1 fully saturated rings. The van der Waals surface area contributed by atoms with Crippen LogP contribution in [0.25, 0.3) is 0 Å². The van der Waals surface area contributed by atoms with Gasteiger partial charge in [0.2, 0.25) is 0 Å². The monoisotopic (exact) mass is 296 g/mol. The summed E-state index contributed by atoms with van der Waals surface area (Å²) >= 11 is 0. The number of carboxylic acids is 1. The van der Waals surface area contributed by atoms with E-state index in [0.717, 1.165) is 26.1 Å². The number of hydrogen-bond acceptors (Lipinski definition) is 4. The molecule has 2 rings (SSSR count). The topological polar surface area (TPSA) is 96.7 Å². The van der Waals surface area contributed by atoms with Crippen molar-refractivity contribution < 1.29 is 19.4 Å². The first-order valence-electron chi connectivity index (χ1n) is 6.88. The lowest BCUT2D eigenvalue weighted by atomic mass is 10.0. The number of amides is 2. The Balaban J connectivity index is 1.82. The molecule has 8 heteroatoms. The van der Waals surface area contributed by atoms with Gasteiger partial charge in [-0.05, 0) is 18.8 Å². The van der Waals surface area contributed by atoms with Crippen molar-refractivity contribution in [1.29, 1.82) is 0 Å². The van der Waals surface area contributed by atoms with Crippen LogP contribution < -0.4 is 5.32 Å². The minimum Gasteiger partial charge on any atom is -0.480 e. The summed E-state index contributed by atoms with van der Waals surface area (Å²) in [7, 11) is 1.74. The number of carbonyl (C=O) groups excluding carboxylic acids is 1. The highest BCUT2D eigenvalue weighted by Crippen LogP contribution is 2.16. The van der Waals surface area contributed by atoms with E-state index in [1.807, 2.05) is 0 Å². The molecule has 1 aliphatic rings. The van der Waals surface area contributed by atoms with E-state index in [1.165, 1.54) is 17.1 Å². The molecule has 0 radical (unpaired) electrons. The highest BCUT2D eigenvalue weighted by molar-refractivity contribution is 5.88. The molecule has 2 heterocycles. The summed E-state index contributed by atoms with van der Waals surface area (Å²) in [4.78, 5) is 24.2. The van der Waals surface area contributed by atoms with E-state index in [1.54, 1.807) is 11.9 Å². The van der Waals surface area contributed by atoms with Gasteiger partial charge in [0.05, 0.1) is 11.9 Å². The van der Waals surface area contributed by atoms with Crippen LogP contribution in [0.5, 0.6) is 0 Å². The summed E-state index contributed by atoms with van der Waals surface area (Å²) in [5.41, 5.74) is 0.486. The van der Waals surface area contributed by atoms with Crippen molar-refractivity contribution in [2.75, 3.05) is 32.1 Å². The van der Waals surface area contributed by atoms with Gasteiger partial charge in [0.1, 0.15) is 6.54 Å². The van der Waals surface area contributed by atoms with Crippen LogP contribution in [0.3, 0.4) is 0 Å². The fourth-order valence-corrected chi connectivity index (χ4v) is 2.27. The van der Waals surface area contributed by atoms with Crippen molar-refractivity contribution in [3.8, 4) is 0 Å².